The van der Waals surface area contributed by atoms with E-state index in [4.69, 9.17) is 0 Å². The summed E-state index contributed by atoms with van der Waals surface area (Å²) in [6.07, 6.45) is 5.37. The number of hydrogen-bond acceptors (Lipinski definition) is 3. The van der Waals surface area contributed by atoms with Crippen LogP contribution in [0.4, 0.5) is 4.39 Å². The molecule has 1 aromatic heterocycles. The van der Waals surface area contributed by atoms with Crippen LogP contribution in [0.2, 0.25) is 0 Å². The molecule has 1 aliphatic carbocycles. The number of hydrogen-bond donors (Lipinski definition) is 0. The van der Waals surface area contributed by atoms with E-state index in [1.54, 1.807) is 18.2 Å². The van der Waals surface area contributed by atoms with Gasteiger partial charge in [-0.05, 0) is 35.8 Å². The second-order valence-corrected chi connectivity index (χ2v) is 8.55. The number of carbonyl (C=O) groups excluding carboxylic acids is 1. The van der Waals surface area contributed by atoms with E-state index < -0.39 is 0 Å². The molecule has 1 saturated carbocycles. The zero-order valence-corrected chi connectivity index (χ0v) is 16.1. The smallest absolute Gasteiger partial charge is 0.227 e. The van der Waals surface area contributed by atoms with Gasteiger partial charge in [0.1, 0.15) is 18.0 Å². The van der Waals surface area contributed by atoms with Gasteiger partial charge in [0.15, 0.2) is 0 Å². The molecule has 2 heterocycles. The Morgan fingerprint density at radius 3 is 2.78 bits per heavy atom. The molecule has 1 spiro atoms. The molecule has 2 aliphatic rings. The Labute approximate surface area is 159 Å². The fourth-order valence-corrected chi connectivity index (χ4v) is 4.64. The maximum atomic E-state index is 13.9. The highest BCUT2D eigenvalue weighted by atomic mass is 19.1. The molecular formula is C21H27FN4O. The first kappa shape index (κ1) is 18.1. The third-order valence-electron chi connectivity index (χ3n) is 6.17. The normalized spacial score (nSPS) is 21.0. The molecule has 0 bridgehead atoms. The van der Waals surface area contributed by atoms with Crippen LogP contribution in [0.15, 0.2) is 30.6 Å². The molecule has 0 N–H and O–H groups in total. The van der Waals surface area contributed by atoms with Crippen molar-refractivity contribution in [2.75, 3.05) is 13.1 Å². The van der Waals surface area contributed by atoms with E-state index in [1.807, 2.05) is 11.2 Å². The van der Waals surface area contributed by atoms with Crippen molar-refractivity contribution in [3.8, 4) is 0 Å². The van der Waals surface area contributed by atoms with Gasteiger partial charge < -0.3 is 9.47 Å². The summed E-state index contributed by atoms with van der Waals surface area (Å²) in [5, 5.41) is 8.59. The third-order valence-corrected chi connectivity index (χ3v) is 6.17. The summed E-state index contributed by atoms with van der Waals surface area (Å²) in [7, 11) is 0. The van der Waals surface area contributed by atoms with E-state index in [9.17, 15) is 9.18 Å². The number of aromatic nitrogens is 3. The molecule has 2 fully saturated rings. The van der Waals surface area contributed by atoms with Crippen LogP contribution >= 0.6 is 0 Å². The Hall–Kier alpha value is -2.24. The maximum Gasteiger partial charge on any atom is 0.227 e. The van der Waals surface area contributed by atoms with Crippen LogP contribution in [0.1, 0.15) is 50.4 Å². The number of nitrogens with zero attached hydrogens (tertiary/aromatic N) is 4. The summed E-state index contributed by atoms with van der Waals surface area (Å²) in [5.74, 6) is 1.43. The minimum absolute atomic E-state index is 0.00352. The van der Waals surface area contributed by atoms with Gasteiger partial charge in [-0.3, -0.25) is 4.79 Å². The Balaban J connectivity index is 1.54. The lowest BCUT2D eigenvalue weighted by Gasteiger charge is -2.42. The second kappa shape index (κ2) is 7.06. The first-order valence-electron chi connectivity index (χ1n) is 9.87. The van der Waals surface area contributed by atoms with E-state index in [1.165, 1.54) is 12.5 Å². The molecule has 1 atom stereocenters. The molecule has 4 rings (SSSR count). The van der Waals surface area contributed by atoms with Gasteiger partial charge in [0.05, 0.1) is 6.42 Å². The van der Waals surface area contributed by atoms with Crippen LogP contribution in [-0.2, 0) is 17.8 Å². The molecule has 1 saturated heterocycles. The molecule has 1 aliphatic heterocycles. The SMILES string of the molecule is CC(C)Cn1cnnc1C1CN(C(=O)Cc2ccccc2F)CC12CCC2. The van der Waals surface area contributed by atoms with E-state index in [2.05, 4.69) is 28.6 Å². The number of halogens is 1. The highest BCUT2D eigenvalue weighted by molar-refractivity contribution is 5.79. The fraction of sp³-hybridized carbons (Fsp3) is 0.571. The fourth-order valence-electron chi connectivity index (χ4n) is 4.64. The van der Waals surface area contributed by atoms with Gasteiger partial charge in [0.25, 0.3) is 0 Å². The van der Waals surface area contributed by atoms with Gasteiger partial charge in [0, 0.05) is 25.6 Å². The highest BCUT2D eigenvalue weighted by Gasteiger charge is 2.53. The molecule has 6 heteroatoms. The molecule has 27 heavy (non-hydrogen) atoms. The molecule has 0 radical (unpaired) electrons. The molecule has 1 unspecified atom stereocenters. The second-order valence-electron chi connectivity index (χ2n) is 8.55. The number of amides is 1. The predicted molar refractivity (Wildman–Crippen MR) is 101 cm³/mol. The van der Waals surface area contributed by atoms with E-state index in [-0.39, 0.29) is 29.5 Å². The summed E-state index contributed by atoms with van der Waals surface area (Å²) >= 11 is 0. The summed E-state index contributed by atoms with van der Waals surface area (Å²) in [6, 6.07) is 6.54. The van der Waals surface area contributed by atoms with Crippen LogP contribution in [0, 0.1) is 17.2 Å². The van der Waals surface area contributed by atoms with Gasteiger partial charge in [-0.2, -0.15) is 0 Å². The van der Waals surface area contributed by atoms with Crippen molar-refractivity contribution in [1.82, 2.24) is 19.7 Å². The first-order valence-corrected chi connectivity index (χ1v) is 9.87. The van der Waals surface area contributed by atoms with Gasteiger partial charge in [-0.1, -0.05) is 38.5 Å². The van der Waals surface area contributed by atoms with Crippen molar-refractivity contribution in [1.29, 1.82) is 0 Å². The van der Waals surface area contributed by atoms with Crippen molar-refractivity contribution in [2.24, 2.45) is 11.3 Å². The molecule has 1 amide bonds. The quantitative estimate of drug-likeness (QED) is 0.810. The van der Waals surface area contributed by atoms with Crippen molar-refractivity contribution >= 4 is 5.91 Å². The highest BCUT2D eigenvalue weighted by Crippen LogP contribution is 2.55. The average Bonchev–Trinajstić information content (AvgIpc) is 3.20. The summed E-state index contributed by atoms with van der Waals surface area (Å²) in [4.78, 5) is 14.8. The Morgan fingerprint density at radius 2 is 2.11 bits per heavy atom. The lowest BCUT2D eigenvalue weighted by atomic mass is 9.62. The van der Waals surface area contributed by atoms with E-state index >= 15 is 0 Å². The lowest BCUT2D eigenvalue weighted by Crippen LogP contribution is -2.38. The van der Waals surface area contributed by atoms with Crippen LogP contribution in [0.5, 0.6) is 0 Å². The number of likely N-dealkylation sites (tertiary alicyclic amines) is 1. The largest absolute Gasteiger partial charge is 0.341 e. The third kappa shape index (κ3) is 3.37. The monoisotopic (exact) mass is 370 g/mol. The zero-order chi connectivity index (χ0) is 19.0. The molecular weight excluding hydrogens is 343 g/mol. The number of carbonyl (C=O) groups is 1. The molecule has 144 valence electrons. The predicted octanol–water partition coefficient (Wildman–Crippen LogP) is 3.41. The van der Waals surface area contributed by atoms with Crippen molar-refractivity contribution < 1.29 is 9.18 Å². The van der Waals surface area contributed by atoms with Gasteiger partial charge in [-0.25, -0.2) is 4.39 Å². The standard InChI is InChI=1S/C21H27FN4O/c1-15(2)11-26-14-23-24-20(26)17-12-25(13-21(17)8-5-9-21)19(27)10-16-6-3-4-7-18(16)22/h3-4,6-7,14-15,17H,5,8-13H2,1-2H3. The van der Waals surface area contributed by atoms with E-state index in [0.717, 1.165) is 31.8 Å². The van der Waals surface area contributed by atoms with Crippen molar-refractivity contribution in [3.05, 3.63) is 47.8 Å². The van der Waals surface area contributed by atoms with Gasteiger partial charge in [-0.15, -0.1) is 10.2 Å². The van der Waals surface area contributed by atoms with Crippen molar-refractivity contribution in [3.63, 3.8) is 0 Å². The topological polar surface area (TPSA) is 51.0 Å². The van der Waals surface area contributed by atoms with Crippen LogP contribution in [-0.4, -0.2) is 38.7 Å². The number of rotatable bonds is 5. The maximum absolute atomic E-state index is 13.9. The Bertz CT molecular complexity index is 827. The summed E-state index contributed by atoms with van der Waals surface area (Å²) < 4.78 is 16.1. The van der Waals surface area contributed by atoms with E-state index in [0.29, 0.717) is 18.0 Å². The van der Waals surface area contributed by atoms with Crippen LogP contribution in [0.3, 0.4) is 0 Å². The molecule has 2 aromatic rings. The molecule has 1 aromatic carbocycles. The van der Waals surface area contributed by atoms with Gasteiger partial charge in [0.2, 0.25) is 5.91 Å². The van der Waals surface area contributed by atoms with Crippen molar-refractivity contribution in [2.45, 2.75) is 52.0 Å². The summed E-state index contributed by atoms with van der Waals surface area (Å²) in [6.45, 7) is 6.66. The first-order chi connectivity index (χ1) is 13.0. The van der Waals surface area contributed by atoms with Gasteiger partial charge >= 0.3 is 0 Å². The average molecular weight is 370 g/mol. The van der Waals surface area contributed by atoms with Crippen LogP contribution in [0.25, 0.3) is 0 Å². The number of benzene rings is 1. The minimum Gasteiger partial charge on any atom is -0.341 e. The summed E-state index contributed by atoms with van der Waals surface area (Å²) in [5.41, 5.74) is 0.587. The minimum atomic E-state index is -0.309. The Morgan fingerprint density at radius 1 is 1.33 bits per heavy atom. The zero-order valence-electron chi connectivity index (χ0n) is 16.1. The Kier molecular flexibility index (Phi) is 4.74. The van der Waals surface area contributed by atoms with Crippen LogP contribution < -0.4 is 0 Å². The lowest BCUT2D eigenvalue weighted by molar-refractivity contribution is -0.130. The molecule has 5 nitrogen and oxygen atoms in total.